The minimum Gasteiger partial charge on any atom is -0.504 e. The van der Waals surface area contributed by atoms with Gasteiger partial charge in [0.2, 0.25) is 6.10 Å². The van der Waals surface area contributed by atoms with E-state index in [1.165, 1.54) is 12.1 Å². The molecule has 1 aliphatic heterocycles. The van der Waals surface area contributed by atoms with Crippen LogP contribution in [-0.2, 0) is 35.7 Å². The topological polar surface area (TPSA) is 180 Å². The first-order valence-electron chi connectivity index (χ1n) is 13.1. The predicted molar refractivity (Wildman–Crippen MR) is 134 cm³/mol. The maximum Gasteiger partial charge on any atom is 0.357 e. The molecule has 210 valence electrons. The highest BCUT2D eigenvalue weighted by molar-refractivity contribution is 5.87. The van der Waals surface area contributed by atoms with Crippen molar-refractivity contribution in [3.8, 4) is 11.5 Å². The third kappa shape index (κ3) is 3.65. The van der Waals surface area contributed by atoms with Crippen LogP contribution in [0.25, 0.3) is 0 Å². The van der Waals surface area contributed by atoms with E-state index in [0.717, 1.165) is 24.0 Å². The standard InChI is InChI=1S/C29H28O11/c30-17-9-8-15-13-16-7-4-11-28-19(15)23(17)39-24(28)18(10-12-29(16,28)37)38-27(36)22(14-5-2-1-3-6-14)40-26(35)21(32)20(31)25(33)34/h1-3,5-6,8-10,16,20-22,24,30-32,37H,4,7,11-13H2,(H,33,34)/t16-,20-,21-,22+,24+,28?,29-/m1/s1. The largest absolute Gasteiger partial charge is 0.504 e. The van der Waals surface area contributed by atoms with Crippen LogP contribution in [0.2, 0.25) is 0 Å². The molecule has 0 amide bonds. The predicted octanol–water partition coefficient (Wildman–Crippen LogP) is 1.40. The van der Waals surface area contributed by atoms with Crippen molar-refractivity contribution in [2.75, 3.05) is 0 Å². The van der Waals surface area contributed by atoms with Crippen LogP contribution in [0.15, 0.2) is 54.3 Å². The molecule has 7 atom stereocenters. The second-order valence-electron chi connectivity index (χ2n) is 10.8. The summed E-state index contributed by atoms with van der Waals surface area (Å²) < 4.78 is 17.2. The number of carbonyl (C=O) groups is 3. The molecule has 3 aliphatic carbocycles. The number of phenols is 1. The Labute approximate surface area is 228 Å². The summed E-state index contributed by atoms with van der Waals surface area (Å²) in [6.45, 7) is 0. The zero-order valence-electron chi connectivity index (χ0n) is 21.2. The van der Waals surface area contributed by atoms with Crippen molar-refractivity contribution in [1.29, 1.82) is 0 Å². The molecule has 2 bridgehead atoms. The fourth-order valence-electron chi connectivity index (χ4n) is 7.03. The van der Waals surface area contributed by atoms with E-state index in [-0.39, 0.29) is 35.2 Å². The lowest BCUT2D eigenvalue weighted by Crippen LogP contribution is -2.67. The molecular formula is C29H28O11. The molecule has 1 fully saturated rings. The number of aliphatic hydroxyl groups excluding tert-OH is 2. The molecule has 0 aromatic heterocycles. The first-order valence-corrected chi connectivity index (χ1v) is 13.1. The van der Waals surface area contributed by atoms with Gasteiger partial charge in [-0.1, -0.05) is 42.8 Å². The fourth-order valence-corrected chi connectivity index (χ4v) is 7.03. The molecule has 0 radical (unpaired) electrons. The molecule has 1 unspecified atom stereocenters. The lowest BCUT2D eigenvalue weighted by Gasteiger charge is -2.59. The molecule has 40 heavy (non-hydrogen) atoms. The summed E-state index contributed by atoms with van der Waals surface area (Å²) in [5, 5.41) is 51.2. The first-order chi connectivity index (χ1) is 19.1. The molecule has 11 nitrogen and oxygen atoms in total. The SMILES string of the molecule is O=C(OC1=CC[C@@]2(O)[C@@H]3CCCC24c2c(ccc(O)c2O[C@@H]14)C3)[C@@H](OC(=O)[C@H](O)[C@@H](O)C(=O)O)c1ccccc1. The number of carboxylic acid groups (broad SMARTS) is 1. The Morgan fingerprint density at radius 1 is 1.02 bits per heavy atom. The number of carbonyl (C=O) groups excluding carboxylic acids is 2. The summed E-state index contributed by atoms with van der Waals surface area (Å²) in [7, 11) is 0. The Balaban J connectivity index is 1.34. The Morgan fingerprint density at radius 2 is 1.77 bits per heavy atom. The third-order valence-electron chi connectivity index (χ3n) is 8.83. The van der Waals surface area contributed by atoms with E-state index in [9.17, 15) is 34.8 Å². The van der Waals surface area contributed by atoms with Gasteiger partial charge in [0.05, 0.1) is 11.0 Å². The molecule has 2 aromatic carbocycles. The molecule has 4 aliphatic rings. The number of aromatic hydroxyl groups is 1. The molecule has 5 N–H and O–H groups in total. The van der Waals surface area contributed by atoms with Gasteiger partial charge in [0.15, 0.2) is 29.8 Å². The van der Waals surface area contributed by atoms with Gasteiger partial charge in [0.1, 0.15) is 5.76 Å². The van der Waals surface area contributed by atoms with Crippen molar-refractivity contribution in [3.63, 3.8) is 0 Å². The zero-order chi connectivity index (χ0) is 28.4. The molecule has 0 saturated heterocycles. The number of aliphatic carboxylic acids is 1. The van der Waals surface area contributed by atoms with Crippen molar-refractivity contribution >= 4 is 17.9 Å². The number of hydrogen-bond donors (Lipinski definition) is 5. The van der Waals surface area contributed by atoms with Crippen LogP contribution in [-0.4, -0.2) is 67.4 Å². The second kappa shape index (κ2) is 9.33. The van der Waals surface area contributed by atoms with Gasteiger partial charge < -0.3 is 39.7 Å². The van der Waals surface area contributed by atoms with Crippen molar-refractivity contribution < 1.29 is 54.1 Å². The van der Waals surface area contributed by atoms with E-state index in [2.05, 4.69) is 0 Å². The Kier molecular flexibility index (Phi) is 6.13. The molecule has 1 heterocycles. The summed E-state index contributed by atoms with van der Waals surface area (Å²) in [6.07, 6.45) is -3.01. The van der Waals surface area contributed by atoms with E-state index in [1.54, 1.807) is 30.3 Å². The number of aliphatic hydroxyl groups is 3. The molecule has 1 spiro atoms. The van der Waals surface area contributed by atoms with E-state index < -0.39 is 53.3 Å². The Morgan fingerprint density at radius 3 is 2.50 bits per heavy atom. The van der Waals surface area contributed by atoms with Gasteiger partial charge in [-0.05, 0) is 49.3 Å². The summed E-state index contributed by atoms with van der Waals surface area (Å²) >= 11 is 0. The molecular weight excluding hydrogens is 524 g/mol. The van der Waals surface area contributed by atoms with Gasteiger partial charge in [-0.2, -0.15) is 0 Å². The summed E-state index contributed by atoms with van der Waals surface area (Å²) in [5.41, 5.74) is -0.258. The highest BCUT2D eigenvalue weighted by Gasteiger charge is 2.71. The minimum atomic E-state index is -2.46. The van der Waals surface area contributed by atoms with E-state index in [1.807, 2.05) is 6.07 Å². The van der Waals surface area contributed by atoms with Crippen LogP contribution >= 0.6 is 0 Å². The van der Waals surface area contributed by atoms with Crippen LogP contribution in [0.1, 0.15) is 48.5 Å². The lowest BCUT2D eigenvalue weighted by molar-refractivity contribution is -0.182. The first kappa shape index (κ1) is 26.3. The van der Waals surface area contributed by atoms with Crippen molar-refractivity contribution in [2.24, 2.45) is 5.92 Å². The van der Waals surface area contributed by atoms with Gasteiger partial charge in [0, 0.05) is 11.1 Å². The summed E-state index contributed by atoms with van der Waals surface area (Å²) in [4.78, 5) is 37.1. The van der Waals surface area contributed by atoms with E-state index >= 15 is 0 Å². The molecule has 11 heteroatoms. The van der Waals surface area contributed by atoms with Gasteiger partial charge in [-0.15, -0.1) is 0 Å². The maximum atomic E-state index is 13.5. The third-order valence-corrected chi connectivity index (χ3v) is 8.83. The number of rotatable bonds is 7. The highest BCUT2D eigenvalue weighted by Crippen LogP contribution is 2.67. The zero-order valence-corrected chi connectivity index (χ0v) is 21.2. The Bertz CT molecular complexity index is 1420. The lowest BCUT2D eigenvalue weighted by atomic mass is 9.47. The Hall–Kier alpha value is -3.93. The monoisotopic (exact) mass is 552 g/mol. The van der Waals surface area contributed by atoms with E-state index in [0.29, 0.717) is 12.8 Å². The van der Waals surface area contributed by atoms with Crippen LogP contribution in [0.4, 0.5) is 0 Å². The van der Waals surface area contributed by atoms with Gasteiger partial charge >= 0.3 is 17.9 Å². The smallest absolute Gasteiger partial charge is 0.357 e. The normalized spacial score (nSPS) is 29.6. The minimum absolute atomic E-state index is 0.0518. The molecule has 6 rings (SSSR count). The van der Waals surface area contributed by atoms with Crippen molar-refractivity contribution in [1.82, 2.24) is 0 Å². The number of esters is 2. The summed E-state index contributed by atoms with van der Waals surface area (Å²) in [5.74, 6) is -4.24. The number of carboxylic acids is 1. The number of ether oxygens (including phenoxy) is 3. The maximum absolute atomic E-state index is 13.5. The highest BCUT2D eigenvalue weighted by atomic mass is 16.6. The van der Waals surface area contributed by atoms with Crippen molar-refractivity contribution in [2.45, 2.75) is 67.5 Å². The van der Waals surface area contributed by atoms with Crippen LogP contribution in [0.5, 0.6) is 11.5 Å². The van der Waals surface area contributed by atoms with Gasteiger partial charge in [-0.25, -0.2) is 14.4 Å². The molecule has 2 aromatic rings. The number of benzene rings is 2. The second-order valence-corrected chi connectivity index (χ2v) is 10.8. The van der Waals surface area contributed by atoms with Crippen molar-refractivity contribution in [3.05, 3.63) is 71.0 Å². The fraction of sp³-hybridized carbons (Fsp3) is 0.414. The van der Waals surface area contributed by atoms with Crippen LogP contribution in [0.3, 0.4) is 0 Å². The average molecular weight is 553 g/mol. The van der Waals surface area contributed by atoms with Crippen LogP contribution < -0.4 is 4.74 Å². The average Bonchev–Trinajstić information content (AvgIpc) is 3.29. The van der Waals surface area contributed by atoms with Gasteiger partial charge in [-0.3, -0.25) is 0 Å². The number of phenolic OH excluding ortho intramolecular Hbond substituents is 1. The quantitative estimate of drug-likeness (QED) is 0.313. The van der Waals surface area contributed by atoms with E-state index in [4.69, 9.17) is 19.3 Å². The van der Waals surface area contributed by atoms with Gasteiger partial charge in [0.25, 0.3) is 0 Å². The number of hydrogen-bond acceptors (Lipinski definition) is 10. The summed E-state index contributed by atoms with van der Waals surface area (Å²) in [6, 6.07) is 11.2. The van der Waals surface area contributed by atoms with Crippen LogP contribution in [0, 0.1) is 5.92 Å². The molecule has 1 saturated carbocycles.